The highest BCUT2D eigenvalue weighted by Crippen LogP contribution is 2.28. The predicted octanol–water partition coefficient (Wildman–Crippen LogP) is 3.67. The Morgan fingerprint density at radius 2 is 1.79 bits per heavy atom. The molecule has 6 nitrogen and oxygen atoms in total. The number of nitrogens with zero attached hydrogens (tertiary/aromatic N) is 1. The number of hydrogen-bond acceptors (Lipinski definition) is 4. The zero-order chi connectivity index (χ0) is 20.5. The van der Waals surface area contributed by atoms with Crippen LogP contribution in [-0.4, -0.2) is 33.8 Å². The van der Waals surface area contributed by atoms with Gasteiger partial charge in [-0.2, -0.15) is 0 Å². The van der Waals surface area contributed by atoms with Crippen LogP contribution in [0, 0.1) is 5.82 Å². The summed E-state index contributed by atoms with van der Waals surface area (Å²) in [5, 5.41) is 6.51. The van der Waals surface area contributed by atoms with E-state index in [0.717, 1.165) is 11.1 Å². The van der Waals surface area contributed by atoms with Gasteiger partial charge in [0.05, 0.1) is 26.9 Å². The third-order valence-corrected chi connectivity index (χ3v) is 4.24. The molecule has 1 atom stereocenters. The van der Waals surface area contributed by atoms with Crippen molar-refractivity contribution in [2.45, 2.75) is 26.4 Å². The fourth-order valence-electron chi connectivity index (χ4n) is 2.72. The summed E-state index contributed by atoms with van der Waals surface area (Å²) >= 11 is 0. The zero-order valence-electron chi connectivity index (χ0n) is 17.0. The average Bonchev–Trinajstić information content (AvgIpc) is 2.71. The van der Waals surface area contributed by atoms with Crippen LogP contribution in [0.5, 0.6) is 17.2 Å². The van der Waals surface area contributed by atoms with Gasteiger partial charge < -0.3 is 24.8 Å². The van der Waals surface area contributed by atoms with E-state index in [1.807, 2.05) is 38.1 Å². The molecule has 0 aliphatic rings. The van der Waals surface area contributed by atoms with Gasteiger partial charge in [0.25, 0.3) is 0 Å². The third kappa shape index (κ3) is 5.52. The Morgan fingerprint density at radius 1 is 1.07 bits per heavy atom. The normalized spacial score (nSPS) is 12.3. The summed E-state index contributed by atoms with van der Waals surface area (Å²) in [6.45, 7) is 4.98. The summed E-state index contributed by atoms with van der Waals surface area (Å²) < 4.78 is 29.8. The van der Waals surface area contributed by atoms with Crippen LogP contribution in [0.3, 0.4) is 0 Å². The summed E-state index contributed by atoms with van der Waals surface area (Å²) in [6, 6.07) is 10.5. The molecule has 0 saturated carbocycles. The van der Waals surface area contributed by atoms with Crippen molar-refractivity contribution >= 4 is 5.96 Å². The van der Waals surface area contributed by atoms with Crippen molar-refractivity contribution in [3.05, 3.63) is 53.3 Å². The summed E-state index contributed by atoms with van der Waals surface area (Å²) in [6.07, 6.45) is 0. The molecule has 0 aliphatic carbocycles. The van der Waals surface area contributed by atoms with Crippen molar-refractivity contribution in [3.63, 3.8) is 0 Å². The standard InChI is InChI=1S/C21H28FN3O3/c1-6-28-20-11-15(7-9-19(20)27-5)13-24-21(23-3)25-14(2)16-8-10-18(26-4)17(22)12-16/h7-12,14H,6,13H2,1-5H3,(H2,23,24,25). The third-order valence-electron chi connectivity index (χ3n) is 4.24. The van der Waals surface area contributed by atoms with Crippen molar-refractivity contribution < 1.29 is 18.6 Å². The summed E-state index contributed by atoms with van der Waals surface area (Å²) in [4.78, 5) is 4.24. The number of ether oxygens (including phenoxy) is 3. The van der Waals surface area contributed by atoms with E-state index in [0.29, 0.717) is 30.6 Å². The van der Waals surface area contributed by atoms with Crippen LogP contribution in [0.1, 0.15) is 31.0 Å². The van der Waals surface area contributed by atoms with Crippen molar-refractivity contribution in [1.82, 2.24) is 10.6 Å². The molecule has 0 fully saturated rings. The second-order valence-electron chi connectivity index (χ2n) is 6.10. The lowest BCUT2D eigenvalue weighted by atomic mass is 10.1. The topological polar surface area (TPSA) is 64.1 Å². The number of guanidine groups is 1. The van der Waals surface area contributed by atoms with Gasteiger partial charge in [0.1, 0.15) is 0 Å². The van der Waals surface area contributed by atoms with Gasteiger partial charge in [-0.25, -0.2) is 4.39 Å². The maximum atomic E-state index is 13.9. The van der Waals surface area contributed by atoms with Crippen molar-refractivity contribution in [2.75, 3.05) is 27.9 Å². The number of benzene rings is 2. The van der Waals surface area contributed by atoms with E-state index in [4.69, 9.17) is 14.2 Å². The summed E-state index contributed by atoms with van der Waals surface area (Å²) in [5.41, 5.74) is 1.82. The largest absolute Gasteiger partial charge is 0.494 e. The molecule has 7 heteroatoms. The molecule has 0 amide bonds. The van der Waals surface area contributed by atoms with Gasteiger partial charge in [0, 0.05) is 13.6 Å². The highest BCUT2D eigenvalue weighted by molar-refractivity contribution is 5.80. The minimum Gasteiger partial charge on any atom is -0.494 e. The van der Waals surface area contributed by atoms with Gasteiger partial charge in [0.15, 0.2) is 29.0 Å². The van der Waals surface area contributed by atoms with Crippen LogP contribution in [0.2, 0.25) is 0 Å². The van der Waals surface area contributed by atoms with Gasteiger partial charge in [-0.15, -0.1) is 0 Å². The Bertz CT molecular complexity index is 811. The summed E-state index contributed by atoms with van der Waals surface area (Å²) in [7, 11) is 4.75. The molecular weight excluding hydrogens is 361 g/mol. The summed E-state index contributed by atoms with van der Waals surface area (Å²) in [5.74, 6) is 1.84. The molecule has 1 unspecified atom stereocenters. The highest BCUT2D eigenvalue weighted by atomic mass is 19.1. The van der Waals surface area contributed by atoms with Crippen LogP contribution in [-0.2, 0) is 6.54 Å². The lowest BCUT2D eigenvalue weighted by molar-refractivity contribution is 0.310. The number of halogens is 1. The Morgan fingerprint density at radius 3 is 2.39 bits per heavy atom. The first kappa shape index (κ1) is 21.3. The van der Waals surface area contributed by atoms with Gasteiger partial charge in [0.2, 0.25) is 0 Å². The van der Waals surface area contributed by atoms with Crippen molar-refractivity contribution in [1.29, 1.82) is 0 Å². The fourth-order valence-corrected chi connectivity index (χ4v) is 2.72. The van der Waals surface area contributed by atoms with E-state index in [1.54, 1.807) is 20.2 Å². The fraction of sp³-hybridized carbons (Fsp3) is 0.381. The van der Waals surface area contributed by atoms with Crippen LogP contribution >= 0.6 is 0 Å². The minimum absolute atomic E-state index is 0.138. The Labute approximate surface area is 165 Å². The first-order valence-electron chi connectivity index (χ1n) is 9.12. The molecule has 152 valence electrons. The molecule has 0 radical (unpaired) electrons. The van der Waals surface area contributed by atoms with Gasteiger partial charge in [-0.05, 0) is 49.2 Å². The smallest absolute Gasteiger partial charge is 0.191 e. The van der Waals surface area contributed by atoms with Crippen molar-refractivity contribution in [3.8, 4) is 17.2 Å². The average molecular weight is 389 g/mol. The van der Waals surface area contributed by atoms with E-state index in [-0.39, 0.29) is 11.8 Å². The molecule has 0 heterocycles. The molecule has 0 spiro atoms. The Balaban J connectivity index is 2.01. The molecule has 0 saturated heterocycles. The van der Waals surface area contributed by atoms with Crippen LogP contribution < -0.4 is 24.8 Å². The lowest BCUT2D eigenvalue weighted by Gasteiger charge is -2.19. The number of nitrogens with one attached hydrogen (secondary N) is 2. The van der Waals surface area contributed by atoms with Crippen LogP contribution in [0.4, 0.5) is 4.39 Å². The second-order valence-corrected chi connectivity index (χ2v) is 6.10. The molecular formula is C21H28FN3O3. The lowest BCUT2D eigenvalue weighted by Crippen LogP contribution is -2.38. The molecule has 28 heavy (non-hydrogen) atoms. The molecule has 0 aromatic heterocycles. The number of rotatable bonds is 8. The number of aliphatic imine (C=N–C) groups is 1. The van der Waals surface area contributed by atoms with E-state index in [1.165, 1.54) is 13.2 Å². The SMILES string of the molecule is CCOc1cc(CNC(=NC)NC(C)c2ccc(OC)c(F)c2)ccc1OC. The van der Waals surface area contributed by atoms with Crippen LogP contribution in [0.25, 0.3) is 0 Å². The molecule has 2 aromatic carbocycles. The molecule has 2 rings (SSSR count). The maximum absolute atomic E-state index is 13.9. The van der Waals surface area contributed by atoms with E-state index < -0.39 is 5.82 Å². The molecule has 2 N–H and O–H groups in total. The molecule has 0 aliphatic heterocycles. The first-order valence-corrected chi connectivity index (χ1v) is 9.12. The minimum atomic E-state index is -0.390. The van der Waals surface area contributed by atoms with Crippen molar-refractivity contribution in [2.24, 2.45) is 4.99 Å². The number of methoxy groups -OCH3 is 2. The maximum Gasteiger partial charge on any atom is 0.191 e. The predicted molar refractivity (Wildman–Crippen MR) is 109 cm³/mol. The quantitative estimate of drug-likeness (QED) is 0.533. The first-order chi connectivity index (χ1) is 13.5. The van der Waals surface area contributed by atoms with Crippen LogP contribution in [0.15, 0.2) is 41.4 Å². The second kappa shape index (κ2) is 10.4. The zero-order valence-corrected chi connectivity index (χ0v) is 17.0. The van der Waals surface area contributed by atoms with Gasteiger partial charge in [-0.1, -0.05) is 12.1 Å². The number of hydrogen-bond donors (Lipinski definition) is 2. The Hall–Kier alpha value is -2.96. The monoisotopic (exact) mass is 389 g/mol. The molecule has 0 bridgehead atoms. The highest BCUT2D eigenvalue weighted by Gasteiger charge is 2.12. The van der Waals surface area contributed by atoms with Gasteiger partial charge >= 0.3 is 0 Å². The van der Waals surface area contributed by atoms with E-state index in [9.17, 15) is 4.39 Å². The Kier molecular flexibility index (Phi) is 7.92. The van der Waals surface area contributed by atoms with E-state index in [2.05, 4.69) is 15.6 Å². The molecule has 2 aromatic rings. The van der Waals surface area contributed by atoms with Gasteiger partial charge in [-0.3, -0.25) is 4.99 Å². The van der Waals surface area contributed by atoms with E-state index >= 15 is 0 Å².